The first-order valence-electron chi connectivity index (χ1n) is 6.63. The zero-order chi connectivity index (χ0) is 15.7. The van der Waals surface area contributed by atoms with Crippen molar-refractivity contribution in [2.24, 2.45) is 0 Å². The van der Waals surface area contributed by atoms with Crippen LogP contribution in [-0.2, 0) is 10.3 Å². The number of ketones is 1. The van der Waals surface area contributed by atoms with E-state index in [1.54, 1.807) is 36.4 Å². The summed E-state index contributed by atoms with van der Waals surface area (Å²) in [5.74, 6) is -0.246. The van der Waals surface area contributed by atoms with E-state index in [2.05, 4.69) is 8.38 Å². The molecule has 3 nitrogen and oxygen atoms in total. The number of hydrogen-bond acceptors (Lipinski definition) is 3. The maximum absolute atomic E-state index is 12.6. The molecular formula is C16H17BKO3. The predicted octanol–water partition coefficient (Wildman–Crippen LogP) is -1.24. The number of methoxy groups -OCH3 is 1. The molecule has 3 radical (unpaired) electrons. The number of ether oxygens (including phenoxy) is 1. The molecule has 0 aromatic heterocycles. The fraction of sp³-hybridized carbons (Fsp3) is 0.188. The Labute approximate surface area is 171 Å². The third-order valence-electron chi connectivity index (χ3n) is 3.21. The van der Waals surface area contributed by atoms with Gasteiger partial charge in [-0.1, -0.05) is 60.7 Å². The summed E-state index contributed by atoms with van der Waals surface area (Å²) in [5, 5.41) is 9.72. The Kier molecular flexibility index (Phi) is 8.66. The molecule has 0 aliphatic rings. The molecule has 0 fully saturated rings. The maximum Gasteiger partial charge on any atom is 1.00 e. The minimum Gasteiger partial charge on any atom is -0.652 e. The van der Waals surface area contributed by atoms with Gasteiger partial charge < -0.3 is 19.6 Å². The van der Waals surface area contributed by atoms with Gasteiger partial charge in [0.15, 0.2) is 5.60 Å². The first-order valence-corrected chi connectivity index (χ1v) is 6.06. The molecule has 2 rings (SSSR count). The summed E-state index contributed by atoms with van der Waals surface area (Å²) in [7, 11) is 5.18. The van der Waals surface area contributed by atoms with E-state index in [9.17, 15) is 9.90 Å². The van der Waals surface area contributed by atoms with Crippen molar-refractivity contribution in [2.45, 2.75) is 5.60 Å². The van der Waals surface area contributed by atoms with Crippen molar-refractivity contribution in [3.8, 4) is 0 Å². The molecule has 0 saturated heterocycles. The molecule has 1 atom stereocenters. The largest absolute Gasteiger partial charge is 1.00 e. The van der Waals surface area contributed by atoms with Gasteiger partial charge in [-0.15, -0.1) is 0 Å². The van der Waals surface area contributed by atoms with Crippen LogP contribution < -0.4 is 51.4 Å². The van der Waals surface area contributed by atoms with Crippen LogP contribution in [0.4, 0.5) is 0 Å². The van der Waals surface area contributed by atoms with E-state index in [1.807, 2.05) is 24.3 Å². The predicted molar refractivity (Wildman–Crippen MR) is 80.1 cm³/mol. The van der Waals surface area contributed by atoms with Crippen molar-refractivity contribution in [2.75, 3.05) is 13.7 Å². The SMILES string of the molecule is COC(CO)(C(=O)c1ccccc1)c1ccccc1.[2H][B-].[K+]. The molecule has 0 heterocycles. The smallest absolute Gasteiger partial charge is 0.652 e. The molecule has 0 saturated carbocycles. The number of aliphatic hydroxyl groups is 1. The Morgan fingerprint density at radius 1 is 1.14 bits per heavy atom. The van der Waals surface area contributed by atoms with Gasteiger partial charge >= 0.3 is 51.4 Å². The number of carbonyl (C=O) groups excluding carboxylic acids is 1. The summed E-state index contributed by atoms with van der Waals surface area (Å²) in [5.41, 5.74) is -0.182. The average Bonchev–Trinajstić information content (AvgIpc) is 2.60. The van der Waals surface area contributed by atoms with Gasteiger partial charge in [0.1, 0.15) is 0 Å². The fourth-order valence-corrected chi connectivity index (χ4v) is 2.10. The summed E-state index contributed by atoms with van der Waals surface area (Å²) in [6.07, 6.45) is 0. The monoisotopic (exact) mass is 308 g/mol. The zero-order valence-corrected chi connectivity index (χ0v) is 15.4. The molecule has 103 valence electrons. The van der Waals surface area contributed by atoms with Gasteiger partial charge in [0.05, 0.1) is 6.61 Å². The maximum atomic E-state index is 12.6. The van der Waals surface area contributed by atoms with Crippen LogP contribution in [-0.4, -0.2) is 34.3 Å². The summed E-state index contributed by atoms with van der Waals surface area (Å²) in [4.78, 5) is 12.6. The summed E-state index contributed by atoms with van der Waals surface area (Å²) >= 11 is 0. The molecule has 0 bridgehead atoms. The van der Waals surface area contributed by atoms with Gasteiger partial charge in [-0.2, -0.15) is 0 Å². The van der Waals surface area contributed by atoms with E-state index < -0.39 is 12.2 Å². The van der Waals surface area contributed by atoms with Crippen LogP contribution in [0.1, 0.15) is 15.9 Å². The minimum absolute atomic E-state index is 0. The van der Waals surface area contributed by atoms with Gasteiger partial charge in [0.2, 0.25) is 5.78 Å². The molecule has 2 aromatic rings. The first kappa shape index (κ1) is 18.8. The van der Waals surface area contributed by atoms with Gasteiger partial charge in [-0.25, -0.2) is 0 Å². The van der Waals surface area contributed by atoms with E-state index >= 15 is 0 Å². The van der Waals surface area contributed by atoms with Crippen LogP contribution in [0.15, 0.2) is 60.7 Å². The quantitative estimate of drug-likeness (QED) is 0.555. The molecule has 1 N–H and O–H groups in total. The number of Topliss-reactive ketones (excluding diaryl/α,β-unsaturated/α-hetero) is 1. The van der Waals surface area contributed by atoms with E-state index in [1.165, 1.54) is 7.11 Å². The van der Waals surface area contributed by atoms with Gasteiger partial charge in [-0.05, 0) is 5.56 Å². The molecule has 0 aliphatic carbocycles. The van der Waals surface area contributed by atoms with Crippen molar-refractivity contribution in [1.82, 2.24) is 0 Å². The Balaban J connectivity index is 0.00000141. The summed E-state index contributed by atoms with van der Waals surface area (Å²) in [6.45, 7) is -0.402. The standard InChI is InChI=1S/C16H16O3.BH.K/c1-19-16(12-17,14-10-6-3-7-11-14)15(18)13-8-4-2-5-9-13;;/h2-11,17H,12H2,1H3;1H;/q;-1;+1/i;1D;. The van der Waals surface area contributed by atoms with E-state index in [4.69, 9.17) is 6.07 Å². The second kappa shape index (κ2) is 9.69. The molecule has 1 unspecified atom stereocenters. The third kappa shape index (κ3) is 4.36. The molecule has 0 amide bonds. The topological polar surface area (TPSA) is 46.5 Å². The first-order chi connectivity index (χ1) is 10.2. The van der Waals surface area contributed by atoms with Crippen molar-refractivity contribution in [3.05, 3.63) is 71.8 Å². The average molecular weight is 308 g/mol. The van der Waals surface area contributed by atoms with Gasteiger partial charge in [-0.3, -0.25) is 4.79 Å². The third-order valence-corrected chi connectivity index (χ3v) is 3.21. The second-order valence-electron chi connectivity index (χ2n) is 4.25. The van der Waals surface area contributed by atoms with Crippen LogP contribution in [0.5, 0.6) is 0 Å². The van der Waals surface area contributed by atoms with Crippen LogP contribution in [0.3, 0.4) is 0 Å². The zero-order valence-electron chi connectivity index (χ0n) is 13.3. The molecular weight excluding hydrogens is 290 g/mol. The van der Waals surface area contributed by atoms with Gasteiger partial charge in [0.25, 0.3) is 0 Å². The normalized spacial score (nSPS) is 12.8. The number of benzene rings is 2. The summed E-state index contributed by atoms with van der Waals surface area (Å²) < 4.78 is 10.6. The van der Waals surface area contributed by atoms with Crippen molar-refractivity contribution in [3.63, 3.8) is 0 Å². The van der Waals surface area contributed by atoms with Crippen LogP contribution in [0.2, 0.25) is 0 Å². The molecule has 0 spiro atoms. The van der Waals surface area contributed by atoms with E-state index in [0.29, 0.717) is 11.1 Å². The Bertz CT molecular complexity index is 548. The Hall–Kier alpha value is -0.269. The molecule has 5 heteroatoms. The van der Waals surface area contributed by atoms with Crippen molar-refractivity contribution in [1.29, 1.82) is 1.34 Å². The van der Waals surface area contributed by atoms with Crippen LogP contribution in [0.25, 0.3) is 0 Å². The number of hydrogen-bond donors (Lipinski definition) is 1. The molecule has 21 heavy (non-hydrogen) atoms. The summed E-state index contributed by atoms with van der Waals surface area (Å²) in [6, 6.07) is 17.9. The molecule has 2 aromatic carbocycles. The minimum atomic E-state index is -1.34. The number of rotatable bonds is 5. The molecule has 0 aliphatic heterocycles. The van der Waals surface area contributed by atoms with Crippen molar-refractivity contribution < 1.29 is 66.0 Å². The van der Waals surface area contributed by atoms with E-state index in [0.717, 1.165) is 0 Å². The van der Waals surface area contributed by atoms with Crippen LogP contribution >= 0.6 is 0 Å². The van der Waals surface area contributed by atoms with Crippen LogP contribution in [0, 0.1) is 0 Å². The second-order valence-corrected chi connectivity index (χ2v) is 4.25. The van der Waals surface area contributed by atoms with Gasteiger partial charge in [0, 0.05) is 12.7 Å². The van der Waals surface area contributed by atoms with Crippen molar-refractivity contribution >= 4 is 14.2 Å². The van der Waals surface area contributed by atoms with E-state index in [-0.39, 0.29) is 57.2 Å². The Morgan fingerprint density at radius 3 is 2.05 bits per heavy atom. The fourth-order valence-electron chi connectivity index (χ4n) is 2.10. The Morgan fingerprint density at radius 2 is 1.62 bits per heavy atom. The number of aliphatic hydroxyl groups excluding tert-OH is 1. The number of carbonyl (C=O) groups is 1.